The molecule has 0 aliphatic carbocycles. The number of hydrogen-bond acceptors (Lipinski definition) is 4. The van der Waals surface area contributed by atoms with Crippen molar-refractivity contribution in [3.63, 3.8) is 0 Å². The highest BCUT2D eigenvalue weighted by Crippen LogP contribution is 2.18. The van der Waals surface area contributed by atoms with Gasteiger partial charge in [0.15, 0.2) is 0 Å². The van der Waals surface area contributed by atoms with Crippen molar-refractivity contribution in [3.05, 3.63) is 21.9 Å². The van der Waals surface area contributed by atoms with Crippen molar-refractivity contribution < 1.29 is 9.59 Å². The average molecular weight is 281 g/mol. The van der Waals surface area contributed by atoms with Crippen LogP contribution in [0.4, 0.5) is 0 Å². The Balaban J connectivity index is 2.23. The zero-order valence-electron chi connectivity index (χ0n) is 11.5. The molecule has 1 aromatic heterocycles. The Kier molecular flexibility index (Phi) is 4.21. The molecular formula is C13H19N3O2S. The van der Waals surface area contributed by atoms with Crippen molar-refractivity contribution in [3.8, 4) is 0 Å². The van der Waals surface area contributed by atoms with Gasteiger partial charge in [0.05, 0.1) is 5.56 Å². The molecule has 5 nitrogen and oxygen atoms in total. The largest absolute Gasteiger partial charge is 0.347 e. The van der Waals surface area contributed by atoms with E-state index >= 15 is 0 Å². The smallest absolute Gasteiger partial charge is 0.255 e. The molecule has 1 N–H and O–H groups in total. The van der Waals surface area contributed by atoms with Gasteiger partial charge in [-0.05, 0) is 17.9 Å². The summed E-state index contributed by atoms with van der Waals surface area (Å²) in [7, 11) is 3.44. The van der Waals surface area contributed by atoms with Crippen LogP contribution in [-0.2, 0) is 4.79 Å². The number of carbonyl (C=O) groups is 2. The molecule has 0 saturated carbocycles. The van der Waals surface area contributed by atoms with E-state index in [1.165, 1.54) is 11.3 Å². The zero-order chi connectivity index (χ0) is 14.0. The molecule has 19 heavy (non-hydrogen) atoms. The molecule has 2 amide bonds. The van der Waals surface area contributed by atoms with Gasteiger partial charge >= 0.3 is 0 Å². The Hall–Kier alpha value is -1.40. The third-order valence-corrected chi connectivity index (χ3v) is 4.18. The minimum absolute atomic E-state index is 0.0339. The van der Waals surface area contributed by atoms with Crippen LogP contribution in [0, 0.1) is 6.92 Å². The van der Waals surface area contributed by atoms with Crippen LogP contribution in [0.5, 0.6) is 0 Å². The monoisotopic (exact) mass is 281 g/mol. The second-order valence-corrected chi connectivity index (χ2v) is 5.66. The van der Waals surface area contributed by atoms with Crippen LogP contribution in [-0.4, -0.2) is 61.4 Å². The van der Waals surface area contributed by atoms with E-state index in [1.807, 2.05) is 17.7 Å². The van der Waals surface area contributed by atoms with E-state index in [2.05, 4.69) is 5.32 Å². The first-order valence-electron chi connectivity index (χ1n) is 6.28. The maximum Gasteiger partial charge on any atom is 0.255 e. The maximum absolute atomic E-state index is 12.6. The fourth-order valence-electron chi connectivity index (χ4n) is 2.20. The van der Waals surface area contributed by atoms with E-state index in [9.17, 15) is 9.59 Å². The van der Waals surface area contributed by atoms with Crippen molar-refractivity contribution in [2.75, 3.05) is 33.7 Å². The van der Waals surface area contributed by atoms with Gasteiger partial charge in [-0.3, -0.25) is 9.59 Å². The Bertz CT molecular complexity index is 484. The van der Waals surface area contributed by atoms with Gasteiger partial charge in [-0.25, -0.2) is 0 Å². The van der Waals surface area contributed by atoms with E-state index < -0.39 is 6.04 Å². The number of nitrogens with one attached hydrogen (secondary N) is 1. The van der Waals surface area contributed by atoms with Gasteiger partial charge in [-0.15, -0.1) is 0 Å². The number of amides is 2. The summed E-state index contributed by atoms with van der Waals surface area (Å²) >= 11 is 1.52. The number of hydrogen-bond donors (Lipinski definition) is 1. The predicted molar refractivity (Wildman–Crippen MR) is 75.4 cm³/mol. The molecule has 1 saturated heterocycles. The van der Waals surface area contributed by atoms with E-state index in [0.29, 0.717) is 18.7 Å². The SMILES string of the molecule is Cc1cscc1C(=O)N1CCNCC1C(=O)N(C)C. The van der Waals surface area contributed by atoms with Gasteiger partial charge in [0, 0.05) is 39.1 Å². The fourth-order valence-corrected chi connectivity index (χ4v) is 3.02. The quantitative estimate of drug-likeness (QED) is 0.862. The van der Waals surface area contributed by atoms with Gasteiger partial charge in [0.2, 0.25) is 5.91 Å². The van der Waals surface area contributed by atoms with Crippen molar-refractivity contribution in [2.45, 2.75) is 13.0 Å². The first-order chi connectivity index (χ1) is 9.02. The van der Waals surface area contributed by atoms with Crippen LogP contribution in [0.2, 0.25) is 0 Å². The lowest BCUT2D eigenvalue weighted by Crippen LogP contribution is -2.59. The zero-order valence-corrected chi connectivity index (χ0v) is 12.3. The molecule has 1 aliphatic rings. The Morgan fingerprint density at radius 3 is 2.74 bits per heavy atom. The summed E-state index contributed by atoms with van der Waals surface area (Å²) in [6.45, 7) is 3.74. The number of likely N-dealkylation sites (N-methyl/N-ethyl adjacent to an activating group) is 1. The van der Waals surface area contributed by atoms with Crippen LogP contribution < -0.4 is 5.32 Å². The molecule has 1 aliphatic heterocycles. The van der Waals surface area contributed by atoms with Gasteiger partial charge in [0.1, 0.15) is 6.04 Å². The Morgan fingerprint density at radius 1 is 1.42 bits per heavy atom. The first-order valence-corrected chi connectivity index (χ1v) is 7.22. The number of nitrogens with zero attached hydrogens (tertiary/aromatic N) is 2. The minimum Gasteiger partial charge on any atom is -0.347 e. The van der Waals surface area contributed by atoms with Crippen molar-refractivity contribution >= 4 is 23.2 Å². The molecule has 2 rings (SSSR count). The van der Waals surface area contributed by atoms with Gasteiger partial charge in [-0.2, -0.15) is 11.3 Å². The molecule has 1 unspecified atom stereocenters. The number of piperazine rings is 1. The fraction of sp³-hybridized carbons (Fsp3) is 0.538. The lowest BCUT2D eigenvalue weighted by atomic mass is 10.1. The highest BCUT2D eigenvalue weighted by Gasteiger charge is 2.33. The molecular weight excluding hydrogens is 262 g/mol. The van der Waals surface area contributed by atoms with Crippen molar-refractivity contribution in [1.29, 1.82) is 0 Å². The van der Waals surface area contributed by atoms with Crippen molar-refractivity contribution in [1.82, 2.24) is 15.1 Å². The second-order valence-electron chi connectivity index (χ2n) is 4.92. The van der Waals surface area contributed by atoms with Crippen LogP contribution in [0.1, 0.15) is 15.9 Å². The number of aryl methyl sites for hydroxylation is 1. The van der Waals surface area contributed by atoms with Crippen LogP contribution >= 0.6 is 11.3 Å². The second kappa shape index (κ2) is 5.71. The first kappa shape index (κ1) is 14.0. The Labute approximate surface area is 117 Å². The number of carbonyl (C=O) groups excluding carboxylic acids is 2. The topological polar surface area (TPSA) is 52.7 Å². The third kappa shape index (κ3) is 2.79. The third-order valence-electron chi connectivity index (χ3n) is 3.32. The van der Waals surface area contributed by atoms with E-state index in [0.717, 1.165) is 12.1 Å². The average Bonchev–Trinajstić information content (AvgIpc) is 2.83. The molecule has 0 bridgehead atoms. The lowest BCUT2D eigenvalue weighted by molar-refractivity contribution is -0.134. The number of rotatable bonds is 2. The van der Waals surface area contributed by atoms with E-state index in [-0.39, 0.29) is 11.8 Å². The summed E-state index contributed by atoms with van der Waals surface area (Å²) in [5.74, 6) is -0.0751. The molecule has 104 valence electrons. The number of thiophene rings is 1. The normalized spacial score (nSPS) is 19.3. The molecule has 1 fully saturated rings. The molecule has 2 heterocycles. The summed E-state index contributed by atoms with van der Waals surface area (Å²) in [5.41, 5.74) is 1.69. The van der Waals surface area contributed by atoms with E-state index in [1.54, 1.807) is 23.9 Å². The van der Waals surface area contributed by atoms with Crippen molar-refractivity contribution in [2.24, 2.45) is 0 Å². The summed E-state index contributed by atoms with van der Waals surface area (Å²) in [5, 5.41) is 6.99. The molecule has 0 radical (unpaired) electrons. The minimum atomic E-state index is -0.407. The van der Waals surface area contributed by atoms with Gasteiger partial charge in [-0.1, -0.05) is 0 Å². The van der Waals surface area contributed by atoms with Crippen LogP contribution in [0.25, 0.3) is 0 Å². The summed E-state index contributed by atoms with van der Waals surface area (Å²) in [6, 6.07) is -0.407. The van der Waals surface area contributed by atoms with Crippen LogP contribution in [0.15, 0.2) is 10.8 Å². The maximum atomic E-state index is 12.6. The molecule has 6 heteroatoms. The highest BCUT2D eigenvalue weighted by molar-refractivity contribution is 7.08. The molecule has 0 spiro atoms. The molecule has 1 aromatic rings. The molecule has 0 aromatic carbocycles. The standard InChI is InChI=1S/C13H19N3O2S/c1-9-7-19-8-10(9)12(17)16-5-4-14-6-11(16)13(18)15(2)3/h7-8,11,14H,4-6H2,1-3H3. The Morgan fingerprint density at radius 2 is 2.16 bits per heavy atom. The van der Waals surface area contributed by atoms with Gasteiger partial charge < -0.3 is 15.1 Å². The van der Waals surface area contributed by atoms with Gasteiger partial charge in [0.25, 0.3) is 5.91 Å². The van der Waals surface area contributed by atoms with E-state index in [4.69, 9.17) is 0 Å². The summed E-state index contributed by atoms with van der Waals surface area (Å²) in [6.07, 6.45) is 0. The molecule has 1 atom stereocenters. The lowest BCUT2D eigenvalue weighted by Gasteiger charge is -2.36. The van der Waals surface area contributed by atoms with Crippen LogP contribution in [0.3, 0.4) is 0 Å². The predicted octanol–water partition coefficient (Wildman–Crippen LogP) is 0.559. The summed E-state index contributed by atoms with van der Waals surface area (Å²) < 4.78 is 0. The summed E-state index contributed by atoms with van der Waals surface area (Å²) in [4.78, 5) is 27.9. The highest BCUT2D eigenvalue weighted by atomic mass is 32.1.